The van der Waals surface area contributed by atoms with Gasteiger partial charge in [-0.1, -0.05) is 128 Å². The van der Waals surface area contributed by atoms with E-state index < -0.39 is 16.0 Å². The monoisotopic (exact) mass is 504 g/mol. The predicted molar refractivity (Wildman–Crippen MR) is 159 cm³/mol. The van der Waals surface area contributed by atoms with Gasteiger partial charge in [0, 0.05) is 32.2 Å². The van der Waals surface area contributed by atoms with E-state index in [-0.39, 0.29) is 6.04 Å². The van der Waals surface area contributed by atoms with Crippen LogP contribution in [0.15, 0.2) is 121 Å². The van der Waals surface area contributed by atoms with Gasteiger partial charge in [-0.15, -0.1) is 0 Å². The second-order valence-corrected chi connectivity index (χ2v) is 13.1. The molecule has 179 valence electrons. The van der Waals surface area contributed by atoms with Gasteiger partial charge in [-0.3, -0.25) is 4.67 Å². The summed E-state index contributed by atoms with van der Waals surface area (Å²) in [5.74, 6) is 1.44. The molecule has 5 rings (SSSR count). The minimum absolute atomic E-state index is 0.281. The summed E-state index contributed by atoms with van der Waals surface area (Å²) in [6.45, 7) is 5.68. The highest BCUT2D eigenvalue weighted by Crippen LogP contribution is 2.58. The van der Waals surface area contributed by atoms with Crippen molar-refractivity contribution in [1.82, 2.24) is 4.67 Å². The Morgan fingerprint density at radius 3 is 1.42 bits per heavy atom. The normalized spacial score (nSPS) is 15.7. The standard InChI is InChI=1S/C33H32NP2/c1-3-34(36(30-21-12-6-13-22-30)31-23-14-7-15-24-31)27(2)32-25-16-26-33(32)35(28-17-8-4-9-18-28)29-19-10-5-11-20-29/h4-27H,3H2,1-2H3/t27-/m1/s1. The van der Waals surface area contributed by atoms with Crippen molar-refractivity contribution in [2.24, 2.45) is 0 Å². The first-order chi connectivity index (χ1) is 17.8. The van der Waals surface area contributed by atoms with Crippen LogP contribution in [0, 0.1) is 30.8 Å². The first-order valence-corrected chi connectivity index (χ1v) is 15.2. The van der Waals surface area contributed by atoms with Gasteiger partial charge < -0.3 is 0 Å². The third-order valence-corrected chi connectivity index (χ3v) is 11.8. The summed E-state index contributed by atoms with van der Waals surface area (Å²) >= 11 is 0. The van der Waals surface area contributed by atoms with Crippen LogP contribution in [0.3, 0.4) is 0 Å². The number of hydrogen-bond acceptors (Lipinski definition) is 1. The van der Waals surface area contributed by atoms with Gasteiger partial charge in [0.25, 0.3) is 0 Å². The van der Waals surface area contributed by atoms with E-state index in [2.05, 4.69) is 159 Å². The first kappa shape index (κ1) is 25.4. The zero-order valence-electron chi connectivity index (χ0n) is 20.9. The molecule has 1 fully saturated rings. The van der Waals surface area contributed by atoms with Crippen molar-refractivity contribution >= 4 is 37.2 Å². The molecular weight excluding hydrogens is 472 g/mol. The van der Waals surface area contributed by atoms with E-state index in [1.54, 1.807) is 0 Å². The molecule has 1 atom stereocenters. The van der Waals surface area contributed by atoms with Gasteiger partial charge in [-0.05, 0) is 55.3 Å². The Bertz CT molecular complexity index is 1100. The van der Waals surface area contributed by atoms with Crippen LogP contribution in [-0.4, -0.2) is 17.3 Å². The van der Waals surface area contributed by atoms with Crippen LogP contribution < -0.4 is 21.2 Å². The molecule has 1 nitrogen and oxygen atoms in total. The molecule has 4 aromatic carbocycles. The molecule has 0 amide bonds. The van der Waals surface area contributed by atoms with E-state index in [1.165, 1.54) is 32.8 Å². The van der Waals surface area contributed by atoms with Crippen LogP contribution in [-0.2, 0) is 0 Å². The quantitative estimate of drug-likeness (QED) is 0.232. The van der Waals surface area contributed by atoms with E-state index in [4.69, 9.17) is 0 Å². The maximum atomic E-state index is 2.71. The molecule has 5 radical (unpaired) electrons. The Kier molecular flexibility index (Phi) is 8.66. The molecule has 1 aliphatic rings. The van der Waals surface area contributed by atoms with Crippen LogP contribution in [0.5, 0.6) is 0 Å². The molecule has 0 heterocycles. The molecule has 1 saturated carbocycles. The third-order valence-electron chi connectivity index (χ3n) is 6.57. The second-order valence-electron chi connectivity index (χ2n) is 8.79. The maximum Gasteiger partial charge on any atom is 0.0283 e. The lowest BCUT2D eigenvalue weighted by atomic mass is 9.99. The predicted octanol–water partition coefficient (Wildman–Crippen LogP) is 6.61. The van der Waals surface area contributed by atoms with E-state index in [0.717, 1.165) is 6.54 Å². The fraction of sp³-hybridized carbons (Fsp3) is 0.121. The largest absolute Gasteiger partial charge is 0.272 e. The topological polar surface area (TPSA) is 3.24 Å². The Morgan fingerprint density at radius 2 is 1.00 bits per heavy atom. The van der Waals surface area contributed by atoms with Gasteiger partial charge in [0.05, 0.1) is 0 Å². The Balaban J connectivity index is 1.52. The van der Waals surface area contributed by atoms with E-state index in [9.17, 15) is 0 Å². The molecule has 0 N–H and O–H groups in total. The molecule has 1 aliphatic carbocycles. The SMILES string of the molecule is CCN([C@H](C)[C]1[CH][CH][CH][C]1P(c1ccccc1)c1ccccc1)P(c1ccccc1)c1ccccc1. The van der Waals surface area contributed by atoms with Crippen LogP contribution >= 0.6 is 16.0 Å². The van der Waals surface area contributed by atoms with E-state index in [0.29, 0.717) is 0 Å². The molecule has 0 bridgehead atoms. The molecule has 0 aliphatic heterocycles. The molecule has 36 heavy (non-hydrogen) atoms. The van der Waals surface area contributed by atoms with Crippen molar-refractivity contribution in [3.63, 3.8) is 0 Å². The van der Waals surface area contributed by atoms with Crippen LogP contribution in [0.2, 0.25) is 0 Å². The van der Waals surface area contributed by atoms with Crippen molar-refractivity contribution < 1.29 is 0 Å². The van der Waals surface area contributed by atoms with Gasteiger partial charge in [-0.2, -0.15) is 0 Å². The molecule has 3 heteroatoms. The van der Waals surface area contributed by atoms with Crippen molar-refractivity contribution in [2.45, 2.75) is 19.9 Å². The molecule has 0 unspecified atom stereocenters. The van der Waals surface area contributed by atoms with Gasteiger partial charge in [0.15, 0.2) is 0 Å². The summed E-state index contributed by atoms with van der Waals surface area (Å²) in [5, 5.41) is 5.59. The van der Waals surface area contributed by atoms with Gasteiger partial charge in [0.1, 0.15) is 0 Å². The number of hydrogen-bond donors (Lipinski definition) is 0. The zero-order valence-corrected chi connectivity index (χ0v) is 22.7. The molecular formula is C33H32NP2. The lowest BCUT2D eigenvalue weighted by molar-refractivity contribution is 0.403. The number of rotatable bonds is 9. The minimum atomic E-state index is -0.658. The van der Waals surface area contributed by atoms with Gasteiger partial charge >= 0.3 is 0 Å². The summed E-state index contributed by atoms with van der Waals surface area (Å²) in [6.07, 6.45) is 6.97. The average molecular weight is 505 g/mol. The Hall–Kier alpha value is -2.30. The highest BCUT2D eigenvalue weighted by molar-refractivity contribution is 7.76. The average Bonchev–Trinajstić information content (AvgIpc) is 3.43. The van der Waals surface area contributed by atoms with E-state index >= 15 is 0 Å². The number of nitrogens with zero attached hydrogens (tertiary/aromatic N) is 1. The first-order valence-electron chi connectivity index (χ1n) is 12.6. The summed E-state index contributed by atoms with van der Waals surface area (Å²) < 4.78 is 2.71. The fourth-order valence-corrected chi connectivity index (χ4v) is 10.00. The summed E-state index contributed by atoms with van der Waals surface area (Å²) in [5.41, 5.74) is 1.46. The van der Waals surface area contributed by atoms with Crippen molar-refractivity contribution in [2.75, 3.05) is 6.54 Å². The van der Waals surface area contributed by atoms with Crippen LogP contribution in [0.4, 0.5) is 0 Å². The zero-order chi connectivity index (χ0) is 24.7. The Labute approximate surface area is 220 Å². The molecule has 4 aromatic rings. The number of benzene rings is 4. The van der Waals surface area contributed by atoms with Crippen molar-refractivity contribution in [3.05, 3.63) is 152 Å². The smallest absolute Gasteiger partial charge is 0.0283 e. The lowest BCUT2D eigenvalue weighted by Crippen LogP contribution is -2.40. The van der Waals surface area contributed by atoms with Crippen LogP contribution in [0.25, 0.3) is 0 Å². The highest BCUT2D eigenvalue weighted by Gasteiger charge is 2.42. The lowest BCUT2D eigenvalue weighted by Gasteiger charge is -2.41. The Morgan fingerprint density at radius 1 is 0.583 bits per heavy atom. The fourth-order valence-electron chi connectivity index (χ4n) is 4.90. The summed E-state index contributed by atoms with van der Waals surface area (Å²) in [7, 11) is -1.30. The summed E-state index contributed by atoms with van der Waals surface area (Å²) in [6, 6.07) is 44.4. The molecule has 0 spiro atoms. The minimum Gasteiger partial charge on any atom is -0.272 e. The van der Waals surface area contributed by atoms with Gasteiger partial charge in [0.2, 0.25) is 0 Å². The van der Waals surface area contributed by atoms with Crippen LogP contribution in [0.1, 0.15) is 13.8 Å². The highest BCUT2D eigenvalue weighted by atomic mass is 31.1. The third kappa shape index (κ3) is 5.50. The molecule has 0 saturated heterocycles. The van der Waals surface area contributed by atoms with Crippen molar-refractivity contribution in [1.29, 1.82) is 0 Å². The molecule has 0 aromatic heterocycles. The van der Waals surface area contributed by atoms with Crippen molar-refractivity contribution in [3.8, 4) is 0 Å². The van der Waals surface area contributed by atoms with E-state index in [1.807, 2.05) is 0 Å². The van der Waals surface area contributed by atoms with Gasteiger partial charge in [-0.25, -0.2) is 0 Å². The maximum absolute atomic E-state index is 2.71. The second kappa shape index (κ2) is 12.3. The summed E-state index contributed by atoms with van der Waals surface area (Å²) in [4.78, 5) is 0.